The van der Waals surface area contributed by atoms with Gasteiger partial charge in [-0.2, -0.15) is 13.2 Å². The molecule has 0 radical (unpaired) electrons. The van der Waals surface area contributed by atoms with E-state index in [9.17, 15) is 32.3 Å². The number of hydrogen-bond acceptors (Lipinski definition) is 7. The van der Waals surface area contributed by atoms with E-state index < -0.39 is 46.8 Å². The molecule has 8 nitrogen and oxygen atoms in total. The number of amides is 2. The Morgan fingerprint density at radius 2 is 1.97 bits per heavy atom. The zero-order valence-electron chi connectivity index (χ0n) is 15.1. The van der Waals surface area contributed by atoms with Crippen molar-refractivity contribution in [3.05, 3.63) is 23.5 Å². The number of ether oxygens (including phenoxy) is 1. The maximum absolute atomic E-state index is 12.6. The summed E-state index contributed by atoms with van der Waals surface area (Å²) < 4.78 is 42.4. The van der Waals surface area contributed by atoms with Crippen molar-refractivity contribution in [1.29, 1.82) is 0 Å². The highest BCUT2D eigenvalue weighted by molar-refractivity contribution is 8.30. The number of alkyl halides is 3. The van der Waals surface area contributed by atoms with Crippen molar-refractivity contribution in [2.24, 2.45) is 0 Å². The minimum absolute atomic E-state index is 0.00799. The van der Waals surface area contributed by atoms with Gasteiger partial charge in [0.25, 0.3) is 5.91 Å². The molecule has 1 aliphatic carbocycles. The van der Waals surface area contributed by atoms with Crippen molar-refractivity contribution in [1.82, 2.24) is 15.6 Å². The molecule has 0 unspecified atom stereocenters. The van der Waals surface area contributed by atoms with Gasteiger partial charge >= 0.3 is 6.18 Å². The standard InChI is InChI=1S/C17H16F3N3O5S/c1-21-12(24)5-16(14(26)29-15(16)27)23-13(25)10-4-11(28-7-17(18,19)20)9(6-22-10)8-2-3-8/h4,6,8H,2-3,5,7H2,1H3,(H,21,24)(H,23,25). The van der Waals surface area contributed by atoms with Crippen LogP contribution in [0.4, 0.5) is 13.2 Å². The van der Waals surface area contributed by atoms with E-state index in [2.05, 4.69) is 15.6 Å². The highest BCUT2D eigenvalue weighted by Gasteiger charge is 2.58. The summed E-state index contributed by atoms with van der Waals surface area (Å²) in [5, 5.41) is 3.07. The first kappa shape index (κ1) is 21.1. The molecule has 0 spiro atoms. The van der Waals surface area contributed by atoms with Gasteiger partial charge < -0.3 is 15.4 Å². The summed E-state index contributed by atoms with van der Waals surface area (Å²) in [6, 6.07) is 1.04. The van der Waals surface area contributed by atoms with Gasteiger partial charge in [0.15, 0.2) is 12.1 Å². The molecular weight excluding hydrogens is 415 g/mol. The number of nitrogens with zero attached hydrogens (tertiary/aromatic N) is 1. The molecule has 156 valence electrons. The molecule has 2 fully saturated rings. The monoisotopic (exact) mass is 431 g/mol. The van der Waals surface area contributed by atoms with E-state index in [1.165, 1.54) is 13.2 Å². The normalized spacial score (nSPS) is 18.1. The molecule has 2 N–H and O–H groups in total. The van der Waals surface area contributed by atoms with Gasteiger partial charge in [0.05, 0.1) is 6.42 Å². The third kappa shape index (κ3) is 4.52. The number of hydrogen-bond donors (Lipinski definition) is 2. The van der Waals surface area contributed by atoms with E-state index in [0.29, 0.717) is 17.3 Å². The van der Waals surface area contributed by atoms with Gasteiger partial charge in [0.1, 0.15) is 11.4 Å². The molecule has 2 aliphatic rings. The maximum atomic E-state index is 12.6. The predicted molar refractivity (Wildman–Crippen MR) is 94.2 cm³/mol. The summed E-state index contributed by atoms with van der Waals surface area (Å²) in [5.41, 5.74) is -1.90. The van der Waals surface area contributed by atoms with Gasteiger partial charge in [-0.1, -0.05) is 0 Å². The zero-order chi connectivity index (χ0) is 21.4. The van der Waals surface area contributed by atoms with Crippen LogP contribution in [0.5, 0.6) is 5.75 Å². The molecule has 0 bridgehead atoms. The Labute approximate surface area is 166 Å². The highest BCUT2D eigenvalue weighted by atomic mass is 32.2. The number of carbonyl (C=O) groups is 4. The average Bonchev–Trinajstić information content (AvgIpc) is 3.50. The predicted octanol–water partition coefficient (Wildman–Crippen LogP) is 1.30. The first-order chi connectivity index (χ1) is 13.6. The second-order valence-electron chi connectivity index (χ2n) is 6.67. The van der Waals surface area contributed by atoms with E-state index >= 15 is 0 Å². The second kappa shape index (κ2) is 7.65. The summed E-state index contributed by atoms with van der Waals surface area (Å²) in [7, 11) is 1.31. The van der Waals surface area contributed by atoms with Crippen molar-refractivity contribution < 1.29 is 37.1 Å². The van der Waals surface area contributed by atoms with Crippen LogP contribution in [0.15, 0.2) is 12.3 Å². The Morgan fingerprint density at radius 3 is 2.48 bits per heavy atom. The van der Waals surface area contributed by atoms with Crippen molar-refractivity contribution in [2.75, 3.05) is 13.7 Å². The Kier molecular flexibility index (Phi) is 5.57. The van der Waals surface area contributed by atoms with E-state index in [1.54, 1.807) is 0 Å². The highest BCUT2D eigenvalue weighted by Crippen LogP contribution is 2.44. The number of aromatic nitrogens is 1. The number of rotatable bonds is 7. The molecule has 1 aromatic heterocycles. The summed E-state index contributed by atoms with van der Waals surface area (Å²) in [4.78, 5) is 52.2. The van der Waals surface area contributed by atoms with Crippen molar-refractivity contribution in [2.45, 2.75) is 36.9 Å². The van der Waals surface area contributed by atoms with Crippen LogP contribution in [0.3, 0.4) is 0 Å². The Balaban J connectivity index is 1.83. The molecule has 0 atom stereocenters. The SMILES string of the molecule is CNC(=O)CC1(NC(=O)c2cc(OCC(F)(F)F)c(C3CC3)cn2)C(=O)SC1=O. The lowest BCUT2D eigenvalue weighted by atomic mass is 9.96. The van der Waals surface area contributed by atoms with Crippen LogP contribution >= 0.6 is 11.8 Å². The molecule has 0 aromatic carbocycles. The number of halogens is 3. The van der Waals surface area contributed by atoms with Gasteiger partial charge in [-0.3, -0.25) is 24.2 Å². The van der Waals surface area contributed by atoms with Crippen LogP contribution in [-0.4, -0.2) is 52.4 Å². The van der Waals surface area contributed by atoms with E-state index in [0.717, 1.165) is 18.9 Å². The third-order valence-electron chi connectivity index (χ3n) is 4.45. The third-order valence-corrected chi connectivity index (χ3v) is 5.52. The first-order valence-corrected chi connectivity index (χ1v) is 9.36. The van der Waals surface area contributed by atoms with Gasteiger partial charge in [-0.15, -0.1) is 0 Å². The lowest BCUT2D eigenvalue weighted by Crippen LogP contribution is -2.66. The number of nitrogens with one attached hydrogen (secondary N) is 2. The largest absolute Gasteiger partial charge is 0.484 e. The van der Waals surface area contributed by atoms with Crippen LogP contribution in [0.1, 0.15) is 41.2 Å². The molecular formula is C17H16F3N3O5S. The number of pyridine rings is 1. The van der Waals surface area contributed by atoms with Gasteiger partial charge in [0.2, 0.25) is 16.1 Å². The van der Waals surface area contributed by atoms with Crippen LogP contribution in [0.25, 0.3) is 0 Å². The van der Waals surface area contributed by atoms with Crippen molar-refractivity contribution in [3.8, 4) is 5.75 Å². The van der Waals surface area contributed by atoms with Gasteiger partial charge in [-0.05, 0) is 30.5 Å². The molecule has 2 amide bonds. The topological polar surface area (TPSA) is 114 Å². The first-order valence-electron chi connectivity index (χ1n) is 8.55. The van der Waals surface area contributed by atoms with Crippen molar-refractivity contribution in [3.63, 3.8) is 0 Å². The fraction of sp³-hybridized carbons (Fsp3) is 0.471. The smallest absolute Gasteiger partial charge is 0.422 e. The maximum Gasteiger partial charge on any atom is 0.422 e. The Hall–Kier alpha value is -2.63. The minimum Gasteiger partial charge on any atom is -0.484 e. The van der Waals surface area contributed by atoms with Gasteiger partial charge in [-0.25, -0.2) is 0 Å². The van der Waals surface area contributed by atoms with Crippen LogP contribution in [0.2, 0.25) is 0 Å². The van der Waals surface area contributed by atoms with Crippen LogP contribution < -0.4 is 15.4 Å². The second-order valence-corrected chi connectivity index (χ2v) is 7.62. The molecule has 1 saturated carbocycles. The lowest BCUT2D eigenvalue weighted by molar-refractivity contribution is -0.153. The molecule has 12 heteroatoms. The Bertz CT molecular complexity index is 872. The minimum atomic E-state index is -4.56. The number of carbonyl (C=O) groups excluding carboxylic acids is 4. The molecule has 1 aromatic rings. The molecule has 1 saturated heterocycles. The molecule has 29 heavy (non-hydrogen) atoms. The van der Waals surface area contributed by atoms with E-state index in [-0.39, 0.29) is 17.4 Å². The molecule has 1 aliphatic heterocycles. The zero-order valence-corrected chi connectivity index (χ0v) is 15.9. The average molecular weight is 431 g/mol. The summed E-state index contributed by atoms with van der Waals surface area (Å²) >= 11 is 0.366. The fourth-order valence-corrected chi connectivity index (χ4v) is 3.53. The van der Waals surface area contributed by atoms with Gasteiger partial charge in [0, 0.05) is 24.9 Å². The lowest BCUT2D eigenvalue weighted by Gasteiger charge is -2.36. The number of thioether (sulfide) groups is 1. The summed E-state index contributed by atoms with van der Waals surface area (Å²) in [6.45, 7) is -1.54. The Morgan fingerprint density at radius 1 is 1.31 bits per heavy atom. The van der Waals surface area contributed by atoms with E-state index in [4.69, 9.17) is 4.74 Å². The van der Waals surface area contributed by atoms with Crippen molar-refractivity contribution >= 4 is 33.8 Å². The van der Waals surface area contributed by atoms with E-state index in [1.807, 2.05) is 0 Å². The fourth-order valence-electron chi connectivity index (χ4n) is 2.73. The quantitative estimate of drug-likeness (QED) is 0.626. The van der Waals surface area contributed by atoms with Crippen LogP contribution in [0, 0.1) is 0 Å². The van der Waals surface area contributed by atoms with Crippen LogP contribution in [-0.2, 0) is 14.4 Å². The molecule has 2 heterocycles. The summed E-state index contributed by atoms with van der Waals surface area (Å²) in [6.07, 6.45) is -2.36. The molecule has 3 rings (SSSR count). The summed E-state index contributed by atoms with van der Waals surface area (Å²) in [5.74, 6) is -1.74.